The summed E-state index contributed by atoms with van der Waals surface area (Å²) in [5.41, 5.74) is 1.93. The molecule has 2 N–H and O–H groups in total. The van der Waals surface area contributed by atoms with Crippen molar-refractivity contribution in [1.82, 2.24) is 9.88 Å². The number of aromatic nitrogens is 1. The standard InChI is InChI=1S/C18H23N3O3/c1-12-9-13(2)19-17(10-12)20-18(23)21-7-3-5-14(21)11-15(22)16-6-4-8-24-16/h4,6,8-10,14-15,22H,3,5,7,11H2,1-2H3,(H,19,20,23)/t14-,15-/m1/s1. The number of hydrogen-bond acceptors (Lipinski definition) is 4. The first kappa shape index (κ1) is 16.5. The van der Waals surface area contributed by atoms with Gasteiger partial charge >= 0.3 is 6.03 Å². The van der Waals surface area contributed by atoms with Gasteiger partial charge in [-0.2, -0.15) is 0 Å². The van der Waals surface area contributed by atoms with Gasteiger partial charge in [0.25, 0.3) is 0 Å². The van der Waals surface area contributed by atoms with Crippen LogP contribution in [0.3, 0.4) is 0 Å². The second-order valence-electron chi connectivity index (χ2n) is 6.36. The van der Waals surface area contributed by atoms with E-state index in [-0.39, 0.29) is 12.1 Å². The van der Waals surface area contributed by atoms with E-state index in [1.807, 2.05) is 26.0 Å². The second kappa shape index (κ2) is 7.05. The summed E-state index contributed by atoms with van der Waals surface area (Å²) < 4.78 is 5.24. The van der Waals surface area contributed by atoms with E-state index >= 15 is 0 Å². The molecule has 1 aliphatic heterocycles. The number of amides is 2. The summed E-state index contributed by atoms with van der Waals surface area (Å²) in [5.74, 6) is 1.10. The lowest BCUT2D eigenvalue weighted by Gasteiger charge is -2.26. The van der Waals surface area contributed by atoms with Crippen molar-refractivity contribution < 1.29 is 14.3 Å². The molecule has 1 fully saturated rings. The van der Waals surface area contributed by atoms with Crippen molar-refractivity contribution in [2.24, 2.45) is 0 Å². The van der Waals surface area contributed by atoms with Gasteiger partial charge in [0.2, 0.25) is 0 Å². The molecule has 0 spiro atoms. The number of aliphatic hydroxyl groups is 1. The average molecular weight is 329 g/mol. The number of rotatable bonds is 4. The fraction of sp³-hybridized carbons (Fsp3) is 0.444. The van der Waals surface area contributed by atoms with Gasteiger partial charge in [0, 0.05) is 24.7 Å². The summed E-state index contributed by atoms with van der Waals surface area (Å²) in [6.45, 7) is 4.57. The molecule has 0 radical (unpaired) electrons. The number of likely N-dealkylation sites (tertiary alicyclic amines) is 1. The first-order valence-electron chi connectivity index (χ1n) is 8.27. The third kappa shape index (κ3) is 3.76. The highest BCUT2D eigenvalue weighted by Crippen LogP contribution is 2.28. The van der Waals surface area contributed by atoms with Crippen LogP contribution in [0.25, 0.3) is 0 Å². The predicted molar refractivity (Wildman–Crippen MR) is 90.7 cm³/mol. The van der Waals surface area contributed by atoms with E-state index in [0.29, 0.717) is 24.5 Å². The lowest BCUT2D eigenvalue weighted by Crippen LogP contribution is -2.39. The summed E-state index contributed by atoms with van der Waals surface area (Å²) in [4.78, 5) is 18.7. The van der Waals surface area contributed by atoms with Gasteiger partial charge < -0.3 is 14.4 Å². The number of carbonyl (C=O) groups excluding carboxylic acids is 1. The molecule has 0 unspecified atom stereocenters. The van der Waals surface area contributed by atoms with E-state index in [9.17, 15) is 9.90 Å². The van der Waals surface area contributed by atoms with E-state index in [4.69, 9.17) is 4.42 Å². The maximum Gasteiger partial charge on any atom is 0.323 e. The number of hydrogen-bond donors (Lipinski definition) is 2. The summed E-state index contributed by atoms with van der Waals surface area (Å²) in [5, 5.41) is 13.1. The van der Waals surface area contributed by atoms with E-state index in [1.54, 1.807) is 23.3 Å². The van der Waals surface area contributed by atoms with Crippen LogP contribution in [-0.2, 0) is 0 Å². The normalized spacial score (nSPS) is 18.6. The minimum Gasteiger partial charge on any atom is -0.467 e. The number of aryl methyl sites for hydroxylation is 2. The molecule has 3 heterocycles. The Balaban J connectivity index is 1.65. The van der Waals surface area contributed by atoms with Crippen LogP contribution in [0, 0.1) is 13.8 Å². The molecule has 2 aromatic heterocycles. The summed E-state index contributed by atoms with van der Waals surface area (Å²) in [7, 11) is 0. The van der Waals surface area contributed by atoms with Crippen molar-refractivity contribution in [3.63, 3.8) is 0 Å². The molecule has 0 aromatic carbocycles. The Labute approximate surface area is 141 Å². The summed E-state index contributed by atoms with van der Waals surface area (Å²) in [6, 6.07) is 7.16. The highest BCUT2D eigenvalue weighted by atomic mass is 16.4. The van der Waals surface area contributed by atoms with E-state index < -0.39 is 6.10 Å². The van der Waals surface area contributed by atoms with Crippen molar-refractivity contribution in [2.45, 2.75) is 45.3 Å². The molecule has 24 heavy (non-hydrogen) atoms. The molecule has 1 aliphatic rings. The minimum atomic E-state index is -0.697. The Morgan fingerprint density at radius 2 is 2.33 bits per heavy atom. The van der Waals surface area contributed by atoms with Crippen LogP contribution in [0.5, 0.6) is 0 Å². The number of carbonyl (C=O) groups is 1. The van der Waals surface area contributed by atoms with Gasteiger partial charge in [-0.15, -0.1) is 0 Å². The molecule has 0 bridgehead atoms. The Hall–Kier alpha value is -2.34. The highest BCUT2D eigenvalue weighted by Gasteiger charge is 2.31. The van der Waals surface area contributed by atoms with Crippen LogP contribution in [0.15, 0.2) is 34.9 Å². The zero-order chi connectivity index (χ0) is 17.1. The molecule has 2 atom stereocenters. The molecule has 2 amide bonds. The van der Waals surface area contributed by atoms with Crippen LogP contribution in [0.4, 0.5) is 10.6 Å². The maximum atomic E-state index is 12.6. The lowest BCUT2D eigenvalue weighted by atomic mass is 10.1. The molecular formula is C18H23N3O3. The topological polar surface area (TPSA) is 78.6 Å². The molecular weight excluding hydrogens is 306 g/mol. The highest BCUT2D eigenvalue weighted by molar-refractivity contribution is 5.88. The fourth-order valence-corrected chi connectivity index (χ4v) is 3.29. The van der Waals surface area contributed by atoms with Crippen LogP contribution in [0.1, 0.15) is 42.4 Å². The average Bonchev–Trinajstić information content (AvgIpc) is 3.17. The maximum absolute atomic E-state index is 12.6. The smallest absolute Gasteiger partial charge is 0.323 e. The second-order valence-corrected chi connectivity index (χ2v) is 6.36. The first-order valence-corrected chi connectivity index (χ1v) is 8.27. The van der Waals surface area contributed by atoms with Gasteiger partial charge in [-0.25, -0.2) is 9.78 Å². The van der Waals surface area contributed by atoms with Crippen molar-refractivity contribution in [2.75, 3.05) is 11.9 Å². The summed E-state index contributed by atoms with van der Waals surface area (Å²) in [6.07, 6.45) is 3.14. The van der Waals surface area contributed by atoms with Gasteiger partial charge in [-0.3, -0.25) is 5.32 Å². The van der Waals surface area contributed by atoms with Crippen LogP contribution in [-0.4, -0.2) is 33.6 Å². The number of urea groups is 1. The van der Waals surface area contributed by atoms with Crippen molar-refractivity contribution in [3.8, 4) is 0 Å². The Morgan fingerprint density at radius 3 is 3.04 bits per heavy atom. The Bertz CT molecular complexity index is 679. The summed E-state index contributed by atoms with van der Waals surface area (Å²) >= 11 is 0. The molecule has 128 valence electrons. The predicted octanol–water partition coefficient (Wildman–Crippen LogP) is 3.41. The van der Waals surface area contributed by atoms with Gasteiger partial charge in [0.1, 0.15) is 17.7 Å². The van der Waals surface area contributed by atoms with E-state index in [0.717, 1.165) is 24.1 Å². The number of nitrogens with zero attached hydrogens (tertiary/aromatic N) is 2. The zero-order valence-corrected chi connectivity index (χ0v) is 14.0. The molecule has 6 heteroatoms. The van der Waals surface area contributed by atoms with Gasteiger partial charge in [-0.05, 0) is 56.5 Å². The SMILES string of the molecule is Cc1cc(C)nc(NC(=O)N2CCC[C@@H]2C[C@@H](O)c2ccco2)c1. The van der Waals surface area contributed by atoms with Crippen LogP contribution >= 0.6 is 0 Å². The van der Waals surface area contributed by atoms with Gasteiger partial charge in [0.05, 0.1) is 6.26 Å². The molecule has 1 saturated heterocycles. The largest absolute Gasteiger partial charge is 0.467 e. The minimum absolute atomic E-state index is 0.00370. The number of nitrogens with one attached hydrogen (secondary N) is 1. The van der Waals surface area contributed by atoms with Crippen molar-refractivity contribution in [1.29, 1.82) is 0 Å². The molecule has 0 aliphatic carbocycles. The Kier molecular flexibility index (Phi) is 4.85. The van der Waals surface area contributed by atoms with Gasteiger partial charge in [0.15, 0.2) is 0 Å². The molecule has 6 nitrogen and oxygen atoms in total. The fourth-order valence-electron chi connectivity index (χ4n) is 3.29. The van der Waals surface area contributed by atoms with Gasteiger partial charge in [-0.1, -0.05) is 0 Å². The van der Waals surface area contributed by atoms with E-state index in [1.165, 1.54) is 0 Å². The quantitative estimate of drug-likeness (QED) is 0.901. The molecule has 0 saturated carbocycles. The number of pyridine rings is 1. The first-order chi connectivity index (χ1) is 11.5. The number of anilines is 1. The zero-order valence-electron chi connectivity index (χ0n) is 14.0. The lowest BCUT2D eigenvalue weighted by molar-refractivity contribution is 0.110. The monoisotopic (exact) mass is 329 g/mol. The van der Waals surface area contributed by atoms with Crippen molar-refractivity contribution in [3.05, 3.63) is 47.5 Å². The van der Waals surface area contributed by atoms with Crippen molar-refractivity contribution >= 4 is 11.8 Å². The van der Waals surface area contributed by atoms with E-state index in [2.05, 4.69) is 10.3 Å². The Morgan fingerprint density at radius 1 is 1.50 bits per heavy atom. The number of aliphatic hydroxyl groups excluding tert-OH is 1. The third-order valence-corrected chi connectivity index (χ3v) is 4.34. The molecule has 3 rings (SSSR count). The van der Waals surface area contributed by atoms with Crippen LogP contribution < -0.4 is 5.32 Å². The molecule has 2 aromatic rings. The number of furan rings is 1. The van der Waals surface area contributed by atoms with Crippen LogP contribution in [0.2, 0.25) is 0 Å². The third-order valence-electron chi connectivity index (χ3n) is 4.34.